The van der Waals surface area contributed by atoms with Crippen LogP contribution in [0.25, 0.3) is 0 Å². The monoisotopic (exact) mass is 286 g/mol. The summed E-state index contributed by atoms with van der Waals surface area (Å²) < 4.78 is 0. The molecule has 102 valence electrons. The van der Waals surface area contributed by atoms with Gasteiger partial charge in [-0.1, -0.05) is 18.2 Å². The lowest BCUT2D eigenvalue weighted by molar-refractivity contribution is 0.0697. The van der Waals surface area contributed by atoms with E-state index in [4.69, 9.17) is 17.3 Å². The molecule has 3 N–H and O–H groups in total. The second-order valence-electron chi connectivity index (χ2n) is 4.28. The highest BCUT2D eigenvalue weighted by atomic mass is 32.1. The molecule has 2 aromatic carbocycles. The molecule has 0 aliphatic heterocycles. The Morgan fingerprint density at radius 2 is 1.70 bits per heavy atom. The van der Waals surface area contributed by atoms with E-state index in [9.17, 15) is 4.79 Å². The predicted octanol–water partition coefficient (Wildman–Crippen LogP) is 3.50. The third kappa shape index (κ3) is 3.55. The summed E-state index contributed by atoms with van der Waals surface area (Å²) >= 11 is 5.22. The van der Waals surface area contributed by atoms with Crippen LogP contribution in [0.15, 0.2) is 48.5 Å². The Balaban J connectivity index is 2.01. The molecule has 0 radical (unpaired) electrons. The van der Waals surface area contributed by atoms with Gasteiger partial charge in [0.2, 0.25) is 0 Å². The van der Waals surface area contributed by atoms with E-state index >= 15 is 0 Å². The summed E-state index contributed by atoms with van der Waals surface area (Å²) in [6.07, 6.45) is 0. The van der Waals surface area contributed by atoms with Crippen LogP contribution in [0.2, 0.25) is 0 Å². The van der Waals surface area contributed by atoms with Crippen LogP contribution in [-0.4, -0.2) is 16.2 Å². The first-order valence-electron chi connectivity index (χ1n) is 6.03. The zero-order valence-electron chi connectivity index (χ0n) is 10.9. The standard InChI is InChI=1S/C15H14N2O2S/c1-10-4-2-3-5-13(10)17-15(20)16-12-8-6-11(7-9-12)14(18)19/h2-9H,1H3,(H,18,19)(H2,16,17,20). The first-order chi connectivity index (χ1) is 9.56. The zero-order valence-corrected chi connectivity index (χ0v) is 11.7. The molecule has 4 nitrogen and oxygen atoms in total. The van der Waals surface area contributed by atoms with E-state index in [0.29, 0.717) is 5.11 Å². The molecule has 2 rings (SSSR count). The second kappa shape index (κ2) is 6.16. The molecule has 0 saturated heterocycles. The van der Waals surface area contributed by atoms with Gasteiger partial charge in [0.25, 0.3) is 0 Å². The summed E-state index contributed by atoms with van der Waals surface area (Å²) in [6, 6.07) is 14.2. The van der Waals surface area contributed by atoms with Crippen molar-refractivity contribution in [2.24, 2.45) is 0 Å². The lowest BCUT2D eigenvalue weighted by Crippen LogP contribution is -2.19. The van der Waals surface area contributed by atoms with Gasteiger partial charge in [0.15, 0.2) is 5.11 Å². The number of aromatic carboxylic acids is 1. The van der Waals surface area contributed by atoms with E-state index in [2.05, 4.69) is 10.6 Å². The maximum absolute atomic E-state index is 10.8. The summed E-state index contributed by atoms with van der Waals surface area (Å²) in [4.78, 5) is 10.8. The molecule has 0 spiro atoms. The van der Waals surface area contributed by atoms with E-state index in [-0.39, 0.29) is 5.56 Å². The predicted molar refractivity (Wildman–Crippen MR) is 84.4 cm³/mol. The van der Waals surface area contributed by atoms with E-state index < -0.39 is 5.97 Å². The minimum absolute atomic E-state index is 0.244. The molecule has 0 aromatic heterocycles. The number of anilines is 2. The zero-order chi connectivity index (χ0) is 14.5. The van der Waals surface area contributed by atoms with Crippen molar-refractivity contribution < 1.29 is 9.90 Å². The number of hydrogen-bond acceptors (Lipinski definition) is 2. The fraction of sp³-hybridized carbons (Fsp3) is 0.0667. The third-order valence-corrected chi connectivity index (χ3v) is 2.99. The molecule has 20 heavy (non-hydrogen) atoms. The van der Waals surface area contributed by atoms with Crippen LogP contribution in [-0.2, 0) is 0 Å². The van der Waals surface area contributed by atoms with E-state index in [1.807, 2.05) is 31.2 Å². The maximum Gasteiger partial charge on any atom is 0.335 e. The summed E-state index contributed by atoms with van der Waals surface area (Å²) in [5.41, 5.74) is 3.01. The van der Waals surface area contributed by atoms with Crippen molar-refractivity contribution in [3.05, 3.63) is 59.7 Å². The van der Waals surface area contributed by atoms with Crippen molar-refractivity contribution in [2.45, 2.75) is 6.92 Å². The van der Waals surface area contributed by atoms with E-state index in [0.717, 1.165) is 16.9 Å². The molecule has 0 aliphatic carbocycles. The van der Waals surface area contributed by atoms with Gasteiger partial charge < -0.3 is 15.7 Å². The van der Waals surface area contributed by atoms with Gasteiger partial charge in [-0.25, -0.2) is 4.79 Å². The minimum Gasteiger partial charge on any atom is -0.478 e. The number of nitrogens with one attached hydrogen (secondary N) is 2. The van der Waals surface area contributed by atoms with Gasteiger partial charge in [-0.05, 0) is 55.0 Å². The van der Waals surface area contributed by atoms with Crippen LogP contribution in [0.4, 0.5) is 11.4 Å². The van der Waals surface area contributed by atoms with Crippen molar-refractivity contribution in [2.75, 3.05) is 10.6 Å². The first kappa shape index (κ1) is 14.0. The van der Waals surface area contributed by atoms with Crippen molar-refractivity contribution in [3.63, 3.8) is 0 Å². The molecule has 0 amide bonds. The summed E-state index contributed by atoms with van der Waals surface area (Å²) in [5, 5.41) is 15.4. The highest BCUT2D eigenvalue weighted by Gasteiger charge is 2.03. The Morgan fingerprint density at radius 1 is 1.05 bits per heavy atom. The average Bonchev–Trinajstić information content (AvgIpc) is 2.42. The molecule has 0 saturated carbocycles. The fourth-order valence-corrected chi connectivity index (χ4v) is 1.92. The molecule has 0 unspecified atom stereocenters. The molecule has 2 aromatic rings. The summed E-state index contributed by atoms with van der Waals surface area (Å²) in [7, 11) is 0. The first-order valence-corrected chi connectivity index (χ1v) is 6.44. The summed E-state index contributed by atoms with van der Waals surface area (Å²) in [6.45, 7) is 1.99. The Hall–Kier alpha value is -2.40. The van der Waals surface area contributed by atoms with Crippen molar-refractivity contribution in [3.8, 4) is 0 Å². The fourth-order valence-electron chi connectivity index (χ4n) is 1.69. The average molecular weight is 286 g/mol. The Bertz CT molecular complexity index is 639. The molecule has 0 bridgehead atoms. The molecular weight excluding hydrogens is 272 g/mol. The number of para-hydroxylation sites is 1. The van der Waals surface area contributed by atoms with Crippen molar-refractivity contribution >= 4 is 34.7 Å². The maximum atomic E-state index is 10.8. The van der Waals surface area contributed by atoms with Crippen LogP contribution in [0.5, 0.6) is 0 Å². The Labute approximate surface area is 122 Å². The van der Waals surface area contributed by atoms with Gasteiger partial charge in [0.1, 0.15) is 0 Å². The Morgan fingerprint density at radius 3 is 2.30 bits per heavy atom. The van der Waals surface area contributed by atoms with Crippen LogP contribution >= 0.6 is 12.2 Å². The third-order valence-electron chi connectivity index (χ3n) is 2.78. The number of hydrogen-bond donors (Lipinski definition) is 3. The molecule has 0 atom stereocenters. The van der Waals surface area contributed by atoms with Gasteiger partial charge in [-0.2, -0.15) is 0 Å². The van der Waals surface area contributed by atoms with Gasteiger partial charge >= 0.3 is 5.97 Å². The molecule has 0 heterocycles. The highest BCUT2D eigenvalue weighted by Crippen LogP contribution is 2.14. The topological polar surface area (TPSA) is 61.4 Å². The largest absolute Gasteiger partial charge is 0.478 e. The second-order valence-corrected chi connectivity index (χ2v) is 4.68. The quantitative estimate of drug-likeness (QED) is 0.754. The van der Waals surface area contributed by atoms with Crippen molar-refractivity contribution in [1.82, 2.24) is 0 Å². The number of thiocarbonyl (C=S) groups is 1. The van der Waals surface area contributed by atoms with E-state index in [1.54, 1.807) is 12.1 Å². The SMILES string of the molecule is Cc1ccccc1NC(=S)Nc1ccc(C(=O)O)cc1. The van der Waals surface area contributed by atoms with Gasteiger partial charge in [0, 0.05) is 11.4 Å². The van der Waals surface area contributed by atoms with Crippen molar-refractivity contribution in [1.29, 1.82) is 0 Å². The van der Waals surface area contributed by atoms with E-state index in [1.165, 1.54) is 12.1 Å². The molecule has 0 aliphatic rings. The highest BCUT2D eigenvalue weighted by molar-refractivity contribution is 7.80. The molecular formula is C15H14N2O2S. The number of carboxylic acids is 1. The summed E-state index contributed by atoms with van der Waals surface area (Å²) in [5.74, 6) is -0.947. The lowest BCUT2D eigenvalue weighted by atomic mass is 10.2. The number of benzene rings is 2. The van der Waals surface area contributed by atoms with Gasteiger partial charge in [-0.15, -0.1) is 0 Å². The van der Waals surface area contributed by atoms with Crippen LogP contribution in [0, 0.1) is 6.92 Å². The van der Waals surface area contributed by atoms with Gasteiger partial charge in [0.05, 0.1) is 5.56 Å². The minimum atomic E-state index is -0.947. The van der Waals surface area contributed by atoms with Crippen LogP contribution < -0.4 is 10.6 Å². The number of rotatable bonds is 3. The lowest BCUT2D eigenvalue weighted by Gasteiger charge is -2.12. The van der Waals surface area contributed by atoms with Crippen LogP contribution in [0.1, 0.15) is 15.9 Å². The number of aryl methyl sites for hydroxylation is 1. The molecule has 0 fully saturated rings. The molecule has 5 heteroatoms. The Kier molecular flexibility index (Phi) is 4.32. The van der Waals surface area contributed by atoms with Gasteiger partial charge in [-0.3, -0.25) is 0 Å². The normalized spacial score (nSPS) is 9.85. The number of carboxylic acid groups (broad SMARTS) is 1. The number of carbonyl (C=O) groups is 1. The van der Waals surface area contributed by atoms with Crippen LogP contribution in [0.3, 0.4) is 0 Å². The smallest absolute Gasteiger partial charge is 0.335 e.